The van der Waals surface area contributed by atoms with E-state index in [0.717, 1.165) is 38.6 Å². The molecule has 2 rings (SSSR count). The van der Waals surface area contributed by atoms with Crippen molar-refractivity contribution in [1.29, 1.82) is 0 Å². The van der Waals surface area contributed by atoms with Crippen molar-refractivity contribution in [1.82, 2.24) is 10.2 Å². The number of ether oxygens (including phenoxy) is 1. The monoisotopic (exact) mass is 283 g/mol. The molecular weight excluding hydrogens is 258 g/mol. The van der Waals surface area contributed by atoms with Gasteiger partial charge in [0.1, 0.15) is 0 Å². The molecule has 6 heteroatoms. The molecule has 6 nitrogen and oxygen atoms in total. The Kier molecular flexibility index (Phi) is 4.99. The molecule has 2 fully saturated rings. The first-order valence-corrected chi connectivity index (χ1v) is 7.44. The summed E-state index contributed by atoms with van der Waals surface area (Å²) in [7, 11) is 0. The van der Waals surface area contributed by atoms with E-state index in [4.69, 9.17) is 10.5 Å². The second kappa shape index (κ2) is 6.54. The number of hydrogen-bond donors (Lipinski definition) is 2. The molecule has 20 heavy (non-hydrogen) atoms. The van der Waals surface area contributed by atoms with Crippen molar-refractivity contribution in [2.45, 2.75) is 50.6 Å². The van der Waals surface area contributed by atoms with Gasteiger partial charge in [0.15, 0.2) is 0 Å². The lowest BCUT2D eigenvalue weighted by molar-refractivity contribution is -0.135. The van der Waals surface area contributed by atoms with E-state index in [2.05, 4.69) is 5.32 Å². The fourth-order valence-corrected chi connectivity index (χ4v) is 3.00. The first-order chi connectivity index (χ1) is 9.52. The third kappa shape index (κ3) is 3.49. The van der Waals surface area contributed by atoms with Gasteiger partial charge in [-0.1, -0.05) is 0 Å². The van der Waals surface area contributed by atoms with Gasteiger partial charge in [-0.3, -0.25) is 14.5 Å². The van der Waals surface area contributed by atoms with Crippen LogP contribution in [-0.4, -0.2) is 54.6 Å². The summed E-state index contributed by atoms with van der Waals surface area (Å²) in [5, 5.41) is 3.03. The fraction of sp³-hybridized carbons (Fsp3) is 0.857. The maximum absolute atomic E-state index is 12.1. The van der Waals surface area contributed by atoms with E-state index in [1.807, 2.05) is 11.8 Å². The van der Waals surface area contributed by atoms with E-state index in [1.54, 1.807) is 0 Å². The summed E-state index contributed by atoms with van der Waals surface area (Å²) in [6, 6.07) is 0.195. The van der Waals surface area contributed by atoms with E-state index >= 15 is 0 Å². The summed E-state index contributed by atoms with van der Waals surface area (Å²) >= 11 is 0. The molecule has 3 N–H and O–H groups in total. The topological polar surface area (TPSA) is 84.7 Å². The number of hydrogen-bond acceptors (Lipinski definition) is 4. The van der Waals surface area contributed by atoms with Crippen molar-refractivity contribution in [2.24, 2.45) is 5.73 Å². The quantitative estimate of drug-likeness (QED) is 0.761. The minimum atomic E-state index is -0.689. The molecule has 0 aromatic rings. The van der Waals surface area contributed by atoms with E-state index < -0.39 is 5.54 Å². The number of nitrogens with one attached hydrogen (secondary N) is 1. The highest BCUT2D eigenvalue weighted by Crippen LogP contribution is 2.27. The molecule has 2 aliphatic rings. The fourth-order valence-electron chi connectivity index (χ4n) is 3.00. The van der Waals surface area contributed by atoms with Gasteiger partial charge in [0.05, 0.1) is 12.1 Å². The number of nitrogens with zero attached hydrogens (tertiary/aromatic N) is 1. The van der Waals surface area contributed by atoms with E-state index in [1.165, 1.54) is 0 Å². The lowest BCUT2D eigenvalue weighted by Crippen LogP contribution is -2.60. The van der Waals surface area contributed by atoms with Gasteiger partial charge in [-0.2, -0.15) is 0 Å². The Hall–Kier alpha value is -1.14. The Morgan fingerprint density at radius 1 is 1.35 bits per heavy atom. The standard InChI is InChI=1S/C14H25N3O3/c1-14(13(15)19)6-2-3-7-17(14)10-12(18)16-11-4-8-20-9-5-11/h11H,2-10H2,1H3,(H2,15,19)(H,16,18). The number of amides is 2. The van der Waals surface area contributed by atoms with Gasteiger partial charge in [0.25, 0.3) is 0 Å². The minimum absolute atomic E-state index is 0.0220. The number of primary amides is 1. The molecule has 0 aliphatic carbocycles. The zero-order chi connectivity index (χ0) is 14.6. The zero-order valence-corrected chi connectivity index (χ0v) is 12.2. The van der Waals surface area contributed by atoms with Crippen LogP contribution < -0.4 is 11.1 Å². The number of likely N-dealkylation sites (tertiary alicyclic amines) is 1. The third-order valence-electron chi connectivity index (χ3n) is 4.49. The highest BCUT2D eigenvalue weighted by molar-refractivity contribution is 5.86. The molecule has 2 heterocycles. The Balaban J connectivity index is 1.89. The van der Waals surface area contributed by atoms with Crippen LogP contribution in [0.25, 0.3) is 0 Å². The second-order valence-corrected chi connectivity index (χ2v) is 5.97. The van der Waals surface area contributed by atoms with Gasteiger partial charge in [0.2, 0.25) is 11.8 Å². The molecule has 2 saturated heterocycles. The molecule has 0 aromatic carbocycles. The lowest BCUT2D eigenvalue weighted by atomic mass is 9.87. The van der Waals surface area contributed by atoms with Crippen molar-refractivity contribution < 1.29 is 14.3 Å². The van der Waals surface area contributed by atoms with Crippen molar-refractivity contribution in [3.63, 3.8) is 0 Å². The van der Waals surface area contributed by atoms with Crippen LogP contribution >= 0.6 is 0 Å². The number of carbonyl (C=O) groups is 2. The van der Waals surface area contributed by atoms with Gasteiger partial charge in [-0.25, -0.2) is 0 Å². The van der Waals surface area contributed by atoms with Crippen LogP contribution in [0.3, 0.4) is 0 Å². The van der Waals surface area contributed by atoms with Gasteiger partial charge >= 0.3 is 0 Å². The SMILES string of the molecule is CC1(C(N)=O)CCCCN1CC(=O)NC1CCOCC1. The molecule has 1 atom stereocenters. The van der Waals surface area contributed by atoms with Gasteiger partial charge in [-0.05, 0) is 45.6 Å². The summed E-state index contributed by atoms with van der Waals surface area (Å²) in [5.74, 6) is -0.359. The Labute approximate surface area is 120 Å². The van der Waals surface area contributed by atoms with Crippen molar-refractivity contribution in [3.8, 4) is 0 Å². The molecule has 114 valence electrons. The lowest BCUT2D eigenvalue weighted by Gasteiger charge is -2.42. The Morgan fingerprint density at radius 2 is 2.05 bits per heavy atom. The molecular formula is C14H25N3O3. The Bertz CT molecular complexity index is 369. The van der Waals surface area contributed by atoms with Crippen LogP contribution in [0.4, 0.5) is 0 Å². The largest absolute Gasteiger partial charge is 0.381 e. The summed E-state index contributed by atoms with van der Waals surface area (Å²) in [6.45, 7) is 4.25. The maximum atomic E-state index is 12.1. The Morgan fingerprint density at radius 3 is 2.70 bits per heavy atom. The maximum Gasteiger partial charge on any atom is 0.237 e. The third-order valence-corrected chi connectivity index (χ3v) is 4.49. The van der Waals surface area contributed by atoms with E-state index in [9.17, 15) is 9.59 Å². The highest BCUT2D eigenvalue weighted by atomic mass is 16.5. The average molecular weight is 283 g/mol. The smallest absolute Gasteiger partial charge is 0.237 e. The molecule has 2 aliphatic heterocycles. The van der Waals surface area contributed by atoms with Crippen LogP contribution in [0.5, 0.6) is 0 Å². The zero-order valence-electron chi connectivity index (χ0n) is 12.2. The highest BCUT2D eigenvalue weighted by Gasteiger charge is 2.40. The molecule has 2 amide bonds. The van der Waals surface area contributed by atoms with Crippen LogP contribution in [-0.2, 0) is 14.3 Å². The van der Waals surface area contributed by atoms with Crippen molar-refractivity contribution in [3.05, 3.63) is 0 Å². The van der Waals surface area contributed by atoms with Gasteiger partial charge in [0, 0.05) is 19.3 Å². The van der Waals surface area contributed by atoms with Crippen LogP contribution in [0.1, 0.15) is 39.0 Å². The molecule has 1 unspecified atom stereocenters. The number of nitrogens with two attached hydrogens (primary N) is 1. The van der Waals surface area contributed by atoms with Crippen LogP contribution in [0.15, 0.2) is 0 Å². The first-order valence-electron chi connectivity index (χ1n) is 7.44. The number of rotatable bonds is 4. The average Bonchev–Trinajstić information content (AvgIpc) is 2.42. The summed E-state index contributed by atoms with van der Waals surface area (Å²) in [5.41, 5.74) is 4.83. The van der Waals surface area contributed by atoms with Crippen LogP contribution in [0.2, 0.25) is 0 Å². The van der Waals surface area contributed by atoms with Gasteiger partial charge < -0.3 is 15.8 Å². The molecule has 0 saturated carbocycles. The van der Waals surface area contributed by atoms with Crippen molar-refractivity contribution >= 4 is 11.8 Å². The molecule has 0 radical (unpaired) electrons. The van der Waals surface area contributed by atoms with Crippen LogP contribution in [0, 0.1) is 0 Å². The summed E-state index contributed by atoms with van der Waals surface area (Å²) in [6.07, 6.45) is 4.44. The molecule has 0 aromatic heterocycles. The van der Waals surface area contributed by atoms with Crippen molar-refractivity contribution in [2.75, 3.05) is 26.3 Å². The van der Waals surface area contributed by atoms with E-state index in [0.29, 0.717) is 13.2 Å². The first kappa shape index (κ1) is 15.3. The summed E-state index contributed by atoms with van der Waals surface area (Å²) in [4.78, 5) is 25.8. The summed E-state index contributed by atoms with van der Waals surface area (Å²) < 4.78 is 5.27. The predicted octanol–water partition coefficient (Wildman–Crippen LogP) is 0.0115. The van der Waals surface area contributed by atoms with Gasteiger partial charge in [-0.15, -0.1) is 0 Å². The second-order valence-electron chi connectivity index (χ2n) is 5.97. The normalized spacial score (nSPS) is 29.1. The molecule has 0 spiro atoms. The predicted molar refractivity (Wildman–Crippen MR) is 75.0 cm³/mol. The molecule has 0 bridgehead atoms. The number of piperidine rings is 1. The number of carbonyl (C=O) groups excluding carboxylic acids is 2. The minimum Gasteiger partial charge on any atom is -0.381 e. The van der Waals surface area contributed by atoms with E-state index in [-0.39, 0.29) is 24.4 Å².